The van der Waals surface area contributed by atoms with Gasteiger partial charge in [-0.05, 0) is 17.3 Å². The number of hydrogen-bond donors (Lipinski definition) is 1. The van der Waals surface area contributed by atoms with Crippen LogP contribution in [0.15, 0.2) is 18.2 Å². The van der Waals surface area contributed by atoms with Crippen LogP contribution in [0.5, 0.6) is 5.75 Å². The molecule has 0 atom stereocenters. The zero-order valence-corrected chi connectivity index (χ0v) is 6.43. The van der Waals surface area contributed by atoms with Crippen LogP contribution < -0.4 is 4.74 Å². The molecule has 1 heterocycles. The van der Waals surface area contributed by atoms with Crippen LogP contribution in [0.3, 0.4) is 0 Å². The van der Waals surface area contributed by atoms with Gasteiger partial charge in [-0.3, -0.25) is 0 Å². The highest BCUT2D eigenvalue weighted by molar-refractivity contribution is 5.75. The third-order valence-corrected chi connectivity index (χ3v) is 1.64. The fourth-order valence-corrected chi connectivity index (χ4v) is 1.02. The molecule has 0 spiro atoms. The summed E-state index contributed by atoms with van der Waals surface area (Å²) in [5.74, 6) is 0.697. The van der Waals surface area contributed by atoms with E-state index >= 15 is 0 Å². The fourth-order valence-electron chi connectivity index (χ4n) is 1.02. The van der Waals surface area contributed by atoms with Crippen molar-refractivity contribution in [2.45, 2.75) is 0 Å². The van der Waals surface area contributed by atoms with Crippen LogP contribution in [-0.2, 0) is 0 Å². The topological polar surface area (TPSA) is 60.2 Å². The Morgan fingerprint density at radius 2 is 2.33 bits per heavy atom. The lowest BCUT2D eigenvalue weighted by molar-refractivity contribution is 0.154. The number of methoxy groups -OCH3 is 1. The lowest BCUT2D eigenvalue weighted by atomic mass is 10.3. The van der Waals surface area contributed by atoms with E-state index in [1.54, 1.807) is 25.3 Å². The van der Waals surface area contributed by atoms with Crippen LogP contribution in [0, 0.1) is 0 Å². The highest BCUT2D eigenvalue weighted by Gasteiger charge is 2.02. The average Bonchev–Trinajstić information content (AvgIpc) is 2.47. The molecule has 5 nitrogen and oxygen atoms in total. The van der Waals surface area contributed by atoms with Gasteiger partial charge in [0.15, 0.2) is 0 Å². The first-order chi connectivity index (χ1) is 5.81. The summed E-state index contributed by atoms with van der Waals surface area (Å²) < 4.78 is 4.97. The molecule has 0 aliphatic heterocycles. The van der Waals surface area contributed by atoms with Gasteiger partial charge < -0.3 is 9.94 Å². The van der Waals surface area contributed by atoms with E-state index < -0.39 is 0 Å². The number of ether oxygens (including phenoxy) is 1. The number of hydrogen-bond acceptors (Lipinski definition) is 4. The Labute approximate surface area is 68.1 Å². The Bertz CT molecular complexity index is 410. The van der Waals surface area contributed by atoms with Crippen molar-refractivity contribution in [1.29, 1.82) is 0 Å². The van der Waals surface area contributed by atoms with Crippen molar-refractivity contribution in [3.05, 3.63) is 18.2 Å². The van der Waals surface area contributed by atoms with Crippen molar-refractivity contribution in [2.24, 2.45) is 0 Å². The van der Waals surface area contributed by atoms with Crippen molar-refractivity contribution in [3.8, 4) is 5.75 Å². The molecule has 12 heavy (non-hydrogen) atoms. The second kappa shape index (κ2) is 2.37. The predicted molar refractivity (Wildman–Crippen MR) is 41.3 cm³/mol. The minimum Gasteiger partial charge on any atom is -0.497 e. The van der Waals surface area contributed by atoms with Gasteiger partial charge in [-0.15, -0.1) is 5.10 Å². The number of nitrogens with zero attached hydrogens (tertiary/aromatic N) is 3. The average molecular weight is 165 g/mol. The monoisotopic (exact) mass is 165 g/mol. The minimum atomic E-state index is 0.566. The van der Waals surface area contributed by atoms with Gasteiger partial charge in [0.25, 0.3) is 0 Å². The van der Waals surface area contributed by atoms with Crippen LogP contribution in [0.25, 0.3) is 11.0 Å². The Morgan fingerprint density at radius 1 is 1.50 bits per heavy atom. The molecule has 0 amide bonds. The van der Waals surface area contributed by atoms with Gasteiger partial charge in [0.2, 0.25) is 0 Å². The van der Waals surface area contributed by atoms with Gasteiger partial charge in [0, 0.05) is 6.07 Å². The Hall–Kier alpha value is -1.78. The normalized spacial score (nSPS) is 10.4. The van der Waals surface area contributed by atoms with Crippen LogP contribution >= 0.6 is 0 Å². The van der Waals surface area contributed by atoms with Gasteiger partial charge in [-0.2, -0.15) is 0 Å². The molecule has 0 fully saturated rings. The molecule has 0 saturated heterocycles. The lowest BCUT2D eigenvalue weighted by Crippen LogP contribution is -1.91. The van der Waals surface area contributed by atoms with E-state index in [1.165, 1.54) is 0 Å². The third-order valence-electron chi connectivity index (χ3n) is 1.64. The highest BCUT2D eigenvalue weighted by Crippen LogP contribution is 2.17. The summed E-state index contributed by atoms with van der Waals surface area (Å²) in [7, 11) is 1.57. The molecule has 0 aliphatic carbocycles. The van der Waals surface area contributed by atoms with E-state index in [2.05, 4.69) is 10.3 Å². The van der Waals surface area contributed by atoms with Crippen LogP contribution in [0.2, 0.25) is 0 Å². The molecule has 2 aromatic rings. The lowest BCUT2D eigenvalue weighted by Gasteiger charge is -1.96. The maximum atomic E-state index is 9.08. The molecule has 0 bridgehead atoms. The Balaban J connectivity index is 2.69. The zero-order valence-electron chi connectivity index (χ0n) is 6.43. The molecule has 1 aromatic heterocycles. The smallest absolute Gasteiger partial charge is 0.130 e. The summed E-state index contributed by atoms with van der Waals surface area (Å²) in [5.41, 5.74) is 1.17. The number of aromatic nitrogens is 3. The number of benzene rings is 1. The molecule has 1 N–H and O–H groups in total. The largest absolute Gasteiger partial charge is 0.497 e. The van der Waals surface area contributed by atoms with E-state index in [9.17, 15) is 0 Å². The summed E-state index contributed by atoms with van der Waals surface area (Å²) >= 11 is 0. The molecular weight excluding hydrogens is 158 g/mol. The van der Waals surface area contributed by atoms with E-state index in [4.69, 9.17) is 9.94 Å². The predicted octanol–water partition coefficient (Wildman–Crippen LogP) is 0.677. The molecule has 1 aromatic carbocycles. The molecule has 5 heteroatoms. The van der Waals surface area contributed by atoms with Crippen LogP contribution in [0.4, 0.5) is 0 Å². The fraction of sp³-hybridized carbons (Fsp3) is 0.143. The van der Waals surface area contributed by atoms with Gasteiger partial charge in [0.05, 0.1) is 7.11 Å². The van der Waals surface area contributed by atoms with Crippen molar-refractivity contribution < 1.29 is 9.94 Å². The van der Waals surface area contributed by atoms with E-state index in [0.717, 1.165) is 4.85 Å². The maximum Gasteiger partial charge on any atom is 0.130 e. The van der Waals surface area contributed by atoms with Crippen molar-refractivity contribution in [3.63, 3.8) is 0 Å². The standard InChI is InChI=1S/C7H7N3O2/c1-12-5-2-3-7-6(4-5)8-9-10(7)11/h2-4,11H,1H3. The number of rotatable bonds is 1. The molecule has 0 unspecified atom stereocenters. The molecular formula is C7H7N3O2. The first kappa shape index (κ1) is 6.90. The molecule has 62 valence electrons. The second-order valence-corrected chi connectivity index (χ2v) is 2.33. The van der Waals surface area contributed by atoms with Crippen molar-refractivity contribution >= 4 is 11.0 Å². The summed E-state index contributed by atoms with van der Waals surface area (Å²) in [4.78, 5) is 0.731. The zero-order chi connectivity index (χ0) is 8.55. The summed E-state index contributed by atoms with van der Waals surface area (Å²) in [6.07, 6.45) is 0. The van der Waals surface area contributed by atoms with Gasteiger partial charge >= 0.3 is 0 Å². The Morgan fingerprint density at radius 3 is 3.08 bits per heavy atom. The van der Waals surface area contributed by atoms with Gasteiger partial charge in [-0.25, -0.2) is 0 Å². The summed E-state index contributed by atoms with van der Waals surface area (Å²) in [5, 5.41) is 16.2. The number of fused-ring (bicyclic) bond motifs is 1. The SMILES string of the molecule is COc1ccc2c(c1)nnn2O. The first-order valence-corrected chi connectivity index (χ1v) is 3.40. The van der Waals surface area contributed by atoms with E-state index in [-0.39, 0.29) is 0 Å². The third kappa shape index (κ3) is 0.868. The van der Waals surface area contributed by atoms with Gasteiger partial charge in [0.1, 0.15) is 16.8 Å². The minimum absolute atomic E-state index is 0.566. The maximum absolute atomic E-state index is 9.08. The molecule has 0 aliphatic rings. The molecule has 0 saturated carbocycles. The van der Waals surface area contributed by atoms with Gasteiger partial charge in [-0.1, -0.05) is 4.85 Å². The second-order valence-electron chi connectivity index (χ2n) is 2.33. The summed E-state index contributed by atoms with van der Waals surface area (Å²) in [6, 6.07) is 5.13. The quantitative estimate of drug-likeness (QED) is 0.631. The summed E-state index contributed by atoms with van der Waals surface area (Å²) in [6.45, 7) is 0. The van der Waals surface area contributed by atoms with Crippen molar-refractivity contribution in [2.75, 3.05) is 7.11 Å². The molecule has 0 radical (unpaired) electrons. The van der Waals surface area contributed by atoms with E-state index in [1.807, 2.05) is 0 Å². The van der Waals surface area contributed by atoms with Crippen LogP contribution in [0.1, 0.15) is 0 Å². The highest BCUT2D eigenvalue weighted by atomic mass is 16.5. The van der Waals surface area contributed by atoms with E-state index in [0.29, 0.717) is 16.8 Å². The Kier molecular flexibility index (Phi) is 1.36. The van der Waals surface area contributed by atoms with Crippen molar-refractivity contribution in [1.82, 2.24) is 15.2 Å². The molecule has 2 rings (SSSR count). The van der Waals surface area contributed by atoms with Crippen LogP contribution in [-0.4, -0.2) is 27.5 Å². The first-order valence-electron chi connectivity index (χ1n) is 3.40.